The number of aromatic carboxylic acids is 2. The topological polar surface area (TPSA) is 260 Å². The number of para-hydroxylation sites is 5. The maximum Gasteiger partial charge on any atom is 2.00 e. The van der Waals surface area contributed by atoms with Gasteiger partial charge in [-0.15, -0.1) is 0 Å². The molecule has 0 aliphatic rings. The number of hydrogen-bond acceptors (Lipinski definition) is 15. The fourth-order valence-electron chi connectivity index (χ4n) is 3.76. The van der Waals surface area contributed by atoms with Crippen LogP contribution in [-0.2, 0) is 11.4 Å². The van der Waals surface area contributed by atoms with E-state index in [1.807, 2.05) is 0 Å². The van der Waals surface area contributed by atoms with E-state index in [0.29, 0.717) is 0 Å². The first-order valence-corrected chi connectivity index (χ1v) is 15.7. The first-order chi connectivity index (χ1) is 24.3. The van der Waals surface area contributed by atoms with Crippen LogP contribution in [-0.4, -0.2) is 93.6 Å². The number of carboxylic acids is 2. The Bertz CT molecular complexity index is 1840. The Kier molecular flexibility index (Phi) is 16.5. The van der Waals surface area contributed by atoms with E-state index in [-0.39, 0.29) is 79.6 Å². The predicted molar refractivity (Wildman–Crippen MR) is 177 cm³/mol. The Morgan fingerprint density at radius 2 is 0.577 bits per heavy atom. The summed E-state index contributed by atoms with van der Waals surface area (Å²) >= 11 is -3.86. The van der Waals surface area contributed by atoms with Gasteiger partial charge in [-0.25, -0.2) is 14.4 Å². The molecule has 0 aliphatic heterocycles. The van der Waals surface area contributed by atoms with Crippen molar-refractivity contribution in [2.75, 3.05) is 0 Å². The van der Waals surface area contributed by atoms with E-state index >= 15 is 0 Å². The molecule has 5 aromatic rings. The van der Waals surface area contributed by atoms with Crippen molar-refractivity contribution in [3.63, 3.8) is 0 Å². The van der Waals surface area contributed by atoms with Crippen LogP contribution in [0.15, 0.2) is 121 Å². The molecule has 0 radical (unpaired) electrons. The van der Waals surface area contributed by atoms with Crippen molar-refractivity contribution in [2.24, 2.45) is 0 Å². The molecule has 0 bridgehead atoms. The summed E-state index contributed by atoms with van der Waals surface area (Å²) < 4.78 is 15.2. The van der Waals surface area contributed by atoms with Gasteiger partial charge in [-0.1, -0.05) is 60.7 Å². The third kappa shape index (κ3) is 12.3. The van der Waals surface area contributed by atoms with Gasteiger partial charge in [0.15, 0.2) is 0 Å². The van der Waals surface area contributed by atoms with Crippen LogP contribution in [0.5, 0.6) is 28.7 Å². The Hall–Kier alpha value is -6.25. The SMILES string of the molecule is O=C([O-])c1ccccc1O.O=C([O-])c1ccccc1O.O=C([O][Al]([O]C(=O)c1ccccc1O)[O]C(=O)c1ccccc1O)c1ccccc1O.[Mg+2]. The van der Waals surface area contributed by atoms with Crippen LogP contribution in [0.4, 0.5) is 0 Å². The first kappa shape index (κ1) is 41.9. The molecule has 0 amide bonds. The maximum atomic E-state index is 12.4. The Labute approximate surface area is 315 Å². The molecule has 0 aliphatic carbocycles. The Morgan fingerprint density at radius 1 is 0.385 bits per heavy atom. The van der Waals surface area contributed by atoms with E-state index in [9.17, 15) is 49.5 Å². The third-order valence-electron chi connectivity index (χ3n) is 6.23. The normalized spacial score (nSPS) is 9.54. The molecule has 0 aromatic heterocycles. The average Bonchev–Trinajstić information content (AvgIpc) is 3.09. The molecular formula is C35H25AlMgO15. The van der Waals surface area contributed by atoms with Crippen LogP contribution in [0.2, 0.25) is 0 Å². The van der Waals surface area contributed by atoms with E-state index in [0.717, 1.165) is 0 Å². The second-order valence-corrected chi connectivity index (χ2v) is 10.9. The summed E-state index contributed by atoms with van der Waals surface area (Å²) in [5.74, 6) is -7.70. The summed E-state index contributed by atoms with van der Waals surface area (Å²) in [7, 11) is 0. The molecule has 5 aromatic carbocycles. The minimum absolute atomic E-state index is 0. The van der Waals surface area contributed by atoms with Gasteiger partial charge in [-0.3, -0.25) is 0 Å². The van der Waals surface area contributed by atoms with E-state index in [4.69, 9.17) is 21.6 Å². The van der Waals surface area contributed by atoms with Crippen LogP contribution in [0, 0.1) is 0 Å². The number of hydrogen-bond donors (Lipinski definition) is 5. The summed E-state index contributed by atoms with van der Waals surface area (Å²) in [5.41, 5.74) is -1.07. The van der Waals surface area contributed by atoms with Crippen molar-refractivity contribution in [2.45, 2.75) is 0 Å². The molecule has 5 N–H and O–H groups in total. The van der Waals surface area contributed by atoms with E-state index in [2.05, 4.69) is 0 Å². The minimum Gasteiger partial charge on any atom is -0.547 e. The van der Waals surface area contributed by atoms with Crippen molar-refractivity contribution in [3.05, 3.63) is 149 Å². The zero-order valence-corrected chi connectivity index (χ0v) is 29.2. The number of rotatable bonds is 8. The zero-order chi connectivity index (χ0) is 37.5. The van der Waals surface area contributed by atoms with Gasteiger partial charge in [0.05, 0.1) is 28.6 Å². The third-order valence-corrected chi connectivity index (χ3v) is 7.45. The van der Waals surface area contributed by atoms with Gasteiger partial charge < -0.3 is 56.7 Å². The molecule has 0 fully saturated rings. The van der Waals surface area contributed by atoms with E-state index in [1.165, 1.54) is 109 Å². The van der Waals surface area contributed by atoms with Crippen LogP contribution >= 0.6 is 0 Å². The van der Waals surface area contributed by atoms with Gasteiger partial charge in [0.2, 0.25) is 0 Å². The summed E-state index contributed by atoms with van der Waals surface area (Å²) in [6, 6.07) is 27.7. The van der Waals surface area contributed by atoms with Crippen LogP contribution in [0.3, 0.4) is 0 Å². The molecule has 0 saturated carbocycles. The van der Waals surface area contributed by atoms with Crippen LogP contribution in [0.1, 0.15) is 51.8 Å². The van der Waals surface area contributed by atoms with Crippen molar-refractivity contribution >= 4 is 68.0 Å². The van der Waals surface area contributed by atoms with Crippen molar-refractivity contribution in [1.29, 1.82) is 0 Å². The fraction of sp³-hybridized carbons (Fsp3) is 0. The first-order valence-electron chi connectivity index (χ1n) is 14.3. The van der Waals surface area contributed by atoms with Gasteiger partial charge in [0.1, 0.15) is 28.7 Å². The van der Waals surface area contributed by atoms with Crippen LogP contribution < -0.4 is 10.2 Å². The molecule has 17 heteroatoms. The second kappa shape index (κ2) is 20.4. The van der Waals surface area contributed by atoms with Gasteiger partial charge in [0, 0.05) is 11.1 Å². The molecule has 0 heterocycles. The molecule has 52 heavy (non-hydrogen) atoms. The van der Waals surface area contributed by atoms with E-state index in [1.54, 1.807) is 12.1 Å². The number of aromatic hydroxyl groups is 5. The van der Waals surface area contributed by atoms with Gasteiger partial charge in [0.25, 0.3) is 0 Å². The molecule has 0 unspecified atom stereocenters. The Balaban J connectivity index is 0.000000362. The molecular weight excluding hydrogens is 712 g/mol. The number of phenolic OH excluding ortho intramolecular Hbond substituents is 3. The predicted octanol–water partition coefficient (Wildman–Crippen LogP) is 1.79. The molecule has 260 valence electrons. The van der Waals surface area contributed by atoms with Crippen molar-refractivity contribution < 1.29 is 71.1 Å². The smallest absolute Gasteiger partial charge is 0.547 e. The fourth-order valence-corrected chi connectivity index (χ4v) is 4.81. The number of benzene rings is 5. The van der Waals surface area contributed by atoms with Crippen molar-refractivity contribution in [1.82, 2.24) is 0 Å². The minimum atomic E-state index is -3.86. The molecule has 15 nitrogen and oxygen atoms in total. The maximum absolute atomic E-state index is 12.4. The average molecular weight is 737 g/mol. The summed E-state index contributed by atoms with van der Waals surface area (Å²) in [5, 5.41) is 67.5. The summed E-state index contributed by atoms with van der Waals surface area (Å²) in [4.78, 5) is 57.6. The van der Waals surface area contributed by atoms with Gasteiger partial charge >= 0.3 is 56.1 Å². The molecule has 5 rings (SSSR count). The summed E-state index contributed by atoms with van der Waals surface area (Å²) in [6.07, 6.45) is 0. The van der Waals surface area contributed by atoms with Crippen molar-refractivity contribution in [3.8, 4) is 28.7 Å². The van der Waals surface area contributed by atoms with E-state index < -0.39 is 45.0 Å². The summed E-state index contributed by atoms with van der Waals surface area (Å²) in [6.45, 7) is 0. The number of carboxylic acid groups (broad SMARTS) is 2. The molecule has 0 spiro atoms. The largest absolute Gasteiger partial charge is 2.00 e. The second-order valence-electron chi connectivity index (χ2n) is 9.67. The number of carbonyl (C=O) groups excluding carboxylic acids is 5. The monoisotopic (exact) mass is 736 g/mol. The standard InChI is InChI=1S/5C7H6O3.Al.Mg/c5*8-6-4-2-1-3-5(6)7(9)10;;/h5*1-4,8H,(H,9,10);;/q;;;;;+3;+2/p-5. The quantitative estimate of drug-likeness (QED) is 0.142. The number of phenols is 5. The van der Waals surface area contributed by atoms with Gasteiger partial charge in [-0.05, 0) is 60.7 Å². The zero-order valence-electron chi connectivity index (χ0n) is 26.7. The Morgan fingerprint density at radius 3 is 0.750 bits per heavy atom. The molecule has 0 saturated heterocycles. The number of carbonyl (C=O) groups is 5. The van der Waals surface area contributed by atoms with Gasteiger partial charge in [-0.2, -0.15) is 0 Å². The molecule has 0 atom stereocenters. The van der Waals surface area contributed by atoms with Crippen LogP contribution in [0.25, 0.3) is 0 Å².